The van der Waals surface area contributed by atoms with Gasteiger partial charge in [-0.25, -0.2) is 0 Å². The molecule has 0 aromatic heterocycles. The van der Waals surface area contributed by atoms with Gasteiger partial charge >= 0.3 is 0 Å². The van der Waals surface area contributed by atoms with Gasteiger partial charge in [0.15, 0.2) is 0 Å². The van der Waals surface area contributed by atoms with Crippen molar-refractivity contribution in [1.29, 1.82) is 0 Å². The van der Waals surface area contributed by atoms with Crippen molar-refractivity contribution in [3.8, 4) is 5.75 Å². The Hall–Kier alpha value is -1.59. The van der Waals surface area contributed by atoms with Crippen LogP contribution >= 0.6 is 0 Å². The van der Waals surface area contributed by atoms with Gasteiger partial charge in [-0.3, -0.25) is 9.69 Å². The lowest BCUT2D eigenvalue weighted by molar-refractivity contribution is -0.117. The van der Waals surface area contributed by atoms with Crippen molar-refractivity contribution in [3.05, 3.63) is 24.3 Å². The van der Waals surface area contributed by atoms with Crippen molar-refractivity contribution in [1.82, 2.24) is 4.90 Å². The molecule has 0 aliphatic carbocycles. The summed E-state index contributed by atoms with van der Waals surface area (Å²) in [6.45, 7) is 8.34. The van der Waals surface area contributed by atoms with E-state index in [0.29, 0.717) is 31.1 Å². The van der Waals surface area contributed by atoms with E-state index in [1.54, 1.807) is 0 Å². The predicted molar refractivity (Wildman–Crippen MR) is 86.6 cm³/mol. The van der Waals surface area contributed by atoms with Gasteiger partial charge in [-0.1, -0.05) is 26.0 Å². The first-order valence-electron chi connectivity index (χ1n) is 7.28. The number of anilines is 1. The van der Waals surface area contributed by atoms with Crippen LogP contribution in [-0.4, -0.2) is 44.1 Å². The van der Waals surface area contributed by atoms with Gasteiger partial charge in [-0.15, -0.1) is 0 Å². The lowest BCUT2D eigenvalue weighted by atomic mass is 9.93. The molecule has 0 unspecified atom stereocenters. The second kappa shape index (κ2) is 8.00. The minimum atomic E-state index is -0.0579. The van der Waals surface area contributed by atoms with E-state index >= 15 is 0 Å². The van der Waals surface area contributed by atoms with E-state index in [-0.39, 0.29) is 11.3 Å². The van der Waals surface area contributed by atoms with E-state index in [4.69, 9.17) is 10.5 Å². The van der Waals surface area contributed by atoms with E-state index < -0.39 is 0 Å². The molecule has 0 aliphatic heterocycles. The zero-order valence-electron chi connectivity index (χ0n) is 13.5. The van der Waals surface area contributed by atoms with Crippen LogP contribution in [-0.2, 0) is 4.79 Å². The summed E-state index contributed by atoms with van der Waals surface area (Å²) in [5, 5.41) is 2.89. The Labute approximate surface area is 127 Å². The molecule has 118 valence electrons. The number of rotatable bonds is 8. The van der Waals surface area contributed by atoms with Gasteiger partial charge in [0.2, 0.25) is 5.91 Å². The molecule has 5 heteroatoms. The molecule has 5 nitrogen and oxygen atoms in total. The van der Waals surface area contributed by atoms with Crippen molar-refractivity contribution in [3.63, 3.8) is 0 Å². The molecule has 0 aliphatic rings. The molecule has 0 spiro atoms. The van der Waals surface area contributed by atoms with Crippen LogP contribution in [0.4, 0.5) is 5.69 Å². The third kappa shape index (κ3) is 6.14. The molecule has 0 radical (unpaired) electrons. The number of nitrogens with one attached hydrogen (secondary N) is 1. The van der Waals surface area contributed by atoms with Crippen LogP contribution in [0.2, 0.25) is 0 Å². The van der Waals surface area contributed by atoms with Crippen molar-refractivity contribution < 1.29 is 9.53 Å². The number of nitrogens with two attached hydrogens (primary N) is 1. The van der Waals surface area contributed by atoms with Crippen molar-refractivity contribution in [2.24, 2.45) is 11.1 Å². The van der Waals surface area contributed by atoms with Gasteiger partial charge in [0.25, 0.3) is 0 Å². The SMILES string of the molecule is CCOc1ccccc1NC(=O)CN(C)CC(C)(C)CN. The van der Waals surface area contributed by atoms with Crippen LogP contribution in [0.15, 0.2) is 24.3 Å². The fourth-order valence-corrected chi connectivity index (χ4v) is 2.14. The zero-order chi connectivity index (χ0) is 15.9. The molecule has 1 aromatic rings. The summed E-state index contributed by atoms with van der Waals surface area (Å²) < 4.78 is 5.50. The molecular formula is C16H27N3O2. The minimum absolute atomic E-state index is 0.00173. The van der Waals surface area contributed by atoms with E-state index in [1.165, 1.54) is 0 Å². The quantitative estimate of drug-likeness (QED) is 0.768. The van der Waals surface area contributed by atoms with Crippen molar-refractivity contribution >= 4 is 11.6 Å². The number of carbonyl (C=O) groups excluding carboxylic acids is 1. The summed E-state index contributed by atoms with van der Waals surface area (Å²) in [4.78, 5) is 14.1. The molecule has 1 amide bonds. The Kier molecular flexibility index (Phi) is 6.65. The van der Waals surface area contributed by atoms with Gasteiger partial charge in [0.05, 0.1) is 18.8 Å². The number of amides is 1. The maximum absolute atomic E-state index is 12.1. The standard InChI is InChI=1S/C16H27N3O2/c1-5-21-14-9-7-6-8-13(14)18-15(20)10-19(4)12-16(2,3)11-17/h6-9H,5,10-12,17H2,1-4H3,(H,18,20). The molecule has 1 rings (SSSR count). The maximum Gasteiger partial charge on any atom is 0.238 e. The van der Waals surface area contributed by atoms with E-state index in [0.717, 1.165) is 6.54 Å². The molecular weight excluding hydrogens is 266 g/mol. The van der Waals surface area contributed by atoms with E-state index in [1.807, 2.05) is 43.1 Å². The predicted octanol–water partition coefficient (Wildman–Crippen LogP) is 1.94. The zero-order valence-corrected chi connectivity index (χ0v) is 13.5. The molecule has 1 aromatic carbocycles. The third-order valence-electron chi connectivity index (χ3n) is 3.13. The first-order chi connectivity index (χ1) is 9.88. The number of hydrogen-bond acceptors (Lipinski definition) is 4. The molecule has 0 atom stereocenters. The summed E-state index contributed by atoms with van der Waals surface area (Å²) >= 11 is 0. The Morgan fingerprint density at radius 2 is 2.05 bits per heavy atom. The molecule has 0 saturated heterocycles. The van der Waals surface area contributed by atoms with Gasteiger partial charge < -0.3 is 15.8 Å². The normalized spacial score (nSPS) is 11.5. The Balaban J connectivity index is 2.58. The molecule has 0 fully saturated rings. The van der Waals surface area contributed by atoms with Gasteiger partial charge in [-0.05, 0) is 38.1 Å². The van der Waals surface area contributed by atoms with Crippen LogP contribution in [0.1, 0.15) is 20.8 Å². The minimum Gasteiger partial charge on any atom is -0.492 e. The molecule has 0 bridgehead atoms. The highest BCUT2D eigenvalue weighted by Crippen LogP contribution is 2.23. The summed E-state index contributed by atoms with van der Waals surface area (Å²) in [5.41, 5.74) is 6.42. The van der Waals surface area contributed by atoms with E-state index in [2.05, 4.69) is 19.2 Å². The Bertz CT molecular complexity index is 461. The highest BCUT2D eigenvalue weighted by atomic mass is 16.5. The molecule has 0 saturated carbocycles. The van der Waals surface area contributed by atoms with Gasteiger partial charge in [-0.2, -0.15) is 0 Å². The average Bonchev–Trinajstić information content (AvgIpc) is 2.40. The highest BCUT2D eigenvalue weighted by molar-refractivity contribution is 5.93. The number of hydrogen-bond donors (Lipinski definition) is 2. The Morgan fingerprint density at radius 3 is 2.67 bits per heavy atom. The van der Waals surface area contributed by atoms with Gasteiger partial charge in [0, 0.05) is 6.54 Å². The summed E-state index contributed by atoms with van der Waals surface area (Å²) in [6.07, 6.45) is 0. The van der Waals surface area contributed by atoms with Crippen LogP contribution in [0.5, 0.6) is 5.75 Å². The number of nitrogens with zero attached hydrogens (tertiary/aromatic N) is 1. The third-order valence-corrected chi connectivity index (χ3v) is 3.13. The topological polar surface area (TPSA) is 67.6 Å². The first-order valence-corrected chi connectivity index (χ1v) is 7.28. The van der Waals surface area contributed by atoms with Crippen LogP contribution < -0.4 is 15.8 Å². The van der Waals surface area contributed by atoms with Crippen molar-refractivity contribution in [2.45, 2.75) is 20.8 Å². The number of carbonyl (C=O) groups is 1. The number of benzene rings is 1. The second-order valence-electron chi connectivity index (χ2n) is 6.02. The van der Waals surface area contributed by atoms with Gasteiger partial charge in [0.1, 0.15) is 5.75 Å². The lowest BCUT2D eigenvalue weighted by Crippen LogP contribution is -2.40. The lowest BCUT2D eigenvalue weighted by Gasteiger charge is -2.28. The average molecular weight is 293 g/mol. The van der Waals surface area contributed by atoms with Crippen LogP contribution in [0.3, 0.4) is 0 Å². The number of likely N-dealkylation sites (N-methyl/N-ethyl adjacent to an activating group) is 1. The molecule has 21 heavy (non-hydrogen) atoms. The maximum atomic E-state index is 12.1. The largest absolute Gasteiger partial charge is 0.492 e. The highest BCUT2D eigenvalue weighted by Gasteiger charge is 2.19. The van der Waals surface area contributed by atoms with E-state index in [9.17, 15) is 4.79 Å². The first kappa shape index (κ1) is 17.5. The molecule has 0 heterocycles. The second-order valence-corrected chi connectivity index (χ2v) is 6.02. The summed E-state index contributed by atoms with van der Waals surface area (Å²) in [6, 6.07) is 7.45. The number of ether oxygens (including phenoxy) is 1. The number of para-hydroxylation sites is 2. The fraction of sp³-hybridized carbons (Fsp3) is 0.562. The van der Waals surface area contributed by atoms with Crippen LogP contribution in [0, 0.1) is 5.41 Å². The fourth-order valence-electron chi connectivity index (χ4n) is 2.14. The summed E-state index contributed by atoms with van der Waals surface area (Å²) in [7, 11) is 1.92. The Morgan fingerprint density at radius 1 is 1.38 bits per heavy atom. The van der Waals surface area contributed by atoms with Crippen molar-refractivity contribution in [2.75, 3.05) is 38.6 Å². The monoisotopic (exact) mass is 293 g/mol. The molecule has 3 N–H and O–H groups in total. The van der Waals surface area contributed by atoms with Crippen LogP contribution in [0.25, 0.3) is 0 Å². The summed E-state index contributed by atoms with van der Waals surface area (Å²) in [5.74, 6) is 0.635. The smallest absolute Gasteiger partial charge is 0.238 e.